The maximum atomic E-state index is 3.20. The number of rotatable bonds is 1. The first-order valence-electron chi connectivity index (χ1n) is 4.88. The third-order valence-electron chi connectivity index (χ3n) is 2.41. The second kappa shape index (κ2) is 3.65. The second-order valence-electron chi connectivity index (χ2n) is 3.43. The summed E-state index contributed by atoms with van der Waals surface area (Å²) in [5.74, 6) is 0. The van der Waals surface area contributed by atoms with Gasteiger partial charge in [0.05, 0.1) is 0 Å². The van der Waals surface area contributed by atoms with Crippen LogP contribution in [0.1, 0.15) is 0 Å². The predicted octanol–water partition coefficient (Wildman–Crippen LogP) is 2.65. The Balaban J connectivity index is 0.000000963. The molecule has 3 rings (SSSR count). The van der Waals surface area contributed by atoms with Crippen LogP contribution >= 0.6 is 0 Å². The van der Waals surface area contributed by atoms with Gasteiger partial charge in [0.15, 0.2) is 0 Å². The van der Waals surface area contributed by atoms with Crippen molar-refractivity contribution in [2.45, 2.75) is 0 Å². The standard InChI is InChI=1S/C13H10N2.Lr/c1-2-6-12(7-3-1)15-10-13-8-4-5-9-14(13)11-15;/h1-6,8-11H;/q-2;. The molecule has 0 aromatic heterocycles. The summed E-state index contributed by atoms with van der Waals surface area (Å²) in [4.78, 5) is 4.15. The van der Waals surface area contributed by atoms with Gasteiger partial charge in [-0.05, 0) is 24.6 Å². The van der Waals surface area contributed by atoms with E-state index in [-0.39, 0.29) is 0 Å². The molecule has 0 atom stereocenters. The van der Waals surface area contributed by atoms with Gasteiger partial charge < -0.3 is 9.80 Å². The smallest absolute Gasteiger partial charge is 0.0264 e. The van der Waals surface area contributed by atoms with Gasteiger partial charge in [0.1, 0.15) is 0 Å². The molecule has 0 unspecified atom stereocenters. The van der Waals surface area contributed by atoms with Crippen molar-refractivity contribution in [3.8, 4) is 0 Å². The molecular weight excluding hydrogens is 446 g/mol. The number of fused-ring (bicyclic) bond motifs is 1. The SMILES string of the molecule is [Lr].[c-]1ccccc1N1C=C2C=CC=CN2[CH-]1. The van der Waals surface area contributed by atoms with Gasteiger partial charge in [0.25, 0.3) is 0 Å². The van der Waals surface area contributed by atoms with E-state index in [1.54, 1.807) is 0 Å². The van der Waals surface area contributed by atoms with Crippen molar-refractivity contribution in [1.29, 1.82) is 0 Å². The van der Waals surface area contributed by atoms with Crippen molar-refractivity contribution in [1.82, 2.24) is 4.90 Å². The summed E-state index contributed by atoms with van der Waals surface area (Å²) in [6, 6.07) is 11.1. The van der Waals surface area contributed by atoms with Crippen LogP contribution in [0.4, 0.5) is 5.69 Å². The van der Waals surface area contributed by atoms with E-state index in [1.807, 2.05) is 49.3 Å². The van der Waals surface area contributed by atoms with Crippen molar-refractivity contribution in [2.24, 2.45) is 0 Å². The first-order valence-corrected chi connectivity index (χ1v) is 4.88. The average Bonchev–Trinajstić information content (AvgIpc) is 2.74. The third kappa shape index (κ3) is 1.42. The van der Waals surface area contributed by atoms with Crippen LogP contribution in [0.15, 0.2) is 60.6 Å². The van der Waals surface area contributed by atoms with E-state index >= 15 is 0 Å². The largest absolute Gasteiger partial charge is 0.499 e. The summed E-state index contributed by atoms with van der Waals surface area (Å²) >= 11 is 0. The van der Waals surface area contributed by atoms with E-state index in [1.165, 1.54) is 5.70 Å². The maximum Gasteiger partial charge on any atom is 0.0264 e. The van der Waals surface area contributed by atoms with E-state index in [4.69, 9.17) is 0 Å². The molecule has 16 heavy (non-hydrogen) atoms. The molecule has 1 radical (unpaired) electrons. The zero-order valence-electron chi connectivity index (χ0n) is 8.43. The summed E-state index contributed by atoms with van der Waals surface area (Å²) in [7, 11) is 0. The minimum absolute atomic E-state index is 0. The Hall–Kier alpha value is -2.96. The Morgan fingerprint density at radius 3 is 2.81 bits per heavy atom. The number of hydrogen-bond acceptors (Lipinski definition) is 2. The Morgan fingerprint density at radius 1 is 1.12 bits per heavy atom. The average molecular weight is 456 g/mol. The fraction of sp³-hybridized carbons (Fsp3) is 0. The molecule has 0 aliphatic carbocycles. The second-order valence-corrected chi connectivity index (χ2v) is 3.43. The molecule has 0 amide bonds. The molecule has 2 nitrogen and oxygen atoms in total. The number of nitrogens with zero attached hydrogens (tertiary/aromatic N) is 2. The number of hydrogen-bond donors (Lipinski definition) is 0. The molecule has 0 saturated carbocycles. The molecule has 0 spiro atoms. The topological polar surface area (TPSA) is 6.48 Å². The fourth-order valence-corrected chi connectivity index (χ4v) is 1.67. The zero-order chi connectivity index (χ0) is 10.1. The molecule has 0 N–H and O–H groups in total. The van der Waals surface area contributed by atoms with E-state index in [9.17, 15) is 0 Å². The van der Waals surface area contributed by atoms with Gasteiger partial charge in [-0.2, -0.15) is 30.3 Å². The Morgan fingerprint density at radius 2 is 2.06 bits per heavy atom. The molecule has 1 aromatic rings. The van der Waals surface area contributed by atoms with Crippen LogP contribution in [0.3, 0.4) is 0 Å². The van der Waals surface area contributed by atoms with Crippen LogP contribution in [0.5, 0.6) is 0 Å². The third-order valence-corrected chi connectivity index (χ3v) is 2.41. The van der Waals surface area contributed by atoms with E-state index in [2.05, 4.69) is 28.1 Å². The van der Waals surface area contributed by atoms with Crippen LogP contribution in [0, 0.1) is 12.7 Å². The van der Waals surface area contributed by atoms with Crippen molar-refractivity contribution in [3.63, 3.8) is 0 Å². The van der Waals surface area contributed by atoms with E-state index in [0.29, 0.717) is 0 Å². The minimum atomic E-state index is 0. The van der Waals surface area contributed by atoms with Crippen LogP contribution in [0.2, 0.25) is 0 Å². The molecule has 0 bridgehead atoms. The Labute approximate surface area is 89.4 Å². The first kappa shape index (κ1) is 9.59. The molecule has 0 saturated heterocycles. The van der Waals surface area contributed by atoms with Crippen LogP contribution < -0.4 is 4.90 Å². The quantitative estimate of drug-likeness (QED) is 0.600. The number of anilines is 1. The van der Waals surface area contributed by atoms with Crippen molar-refractivity contribution >= 4 is 5.69 Å². The maximum absolute atomic E-state index is 3.20. The van der Waals surface area contributed by atoms with Crippen molar-refractivity contribution in [3.05, 3.63) is 73.3 Å². The molecule has 2 aliphatic rings. The summed E-state index contributed by atoms with van der Waals surface area (Å²) < 4.78 is 0. The zero-order valence-corrected chi connectivity index (χ0v) is 10.6. The van der Waals surface area contributed by atoms with Crippen molar-refractivity contribution < 1.29 is 0 Å². The minimum Gasteiger partial charge on any atom is -0.499 e. The summed E-state index contributed by atoms with van der Waals surface area (Å²) in [5, 5.41) is 0. The van der Waals surface area contributed by atoms with Crippen LogP contribution in [-0.4, -0.2) is 4.90 Å². The van der Waals surface area contributed by atoms with Gasteiger partial charge in [-0.3, -0.25) is 0 Å². The predicted molar refractivity (Wildman–Crippen MR) is 60.3 cm³/mol. The first-order chi connectivity index (χ1) is 7.43. The van der Waals surface area contributed by atoms with Crippen LogP contribution in [-0.2, 0) is 0 Å². The van der Waals surface area contributed by atoms with E-state index < -0.39 is 0 Å². The summed E-state index contributed by atoms with van der Waals surface area (Å²) in [5.41, 5.74) is 2.23. The molecule has 89 valence electrons. The van der Waals surface area contributed by atoms with Gasteiger partial charge >= 0.3 is 0 Å². The summed E-state index contributed by atoms with van der Waals surface area (Å²) in [6.07, 6.45) is 10.3. The molecule has 2 heterocycles. The summed E-state index contributed by atoms with van der Waals surface area (Å²) in [6.45, 7) is 2.04. The van der Waals surface area contributed by atoms with E-state index in [0.717, 1.165) is 5.69 Å². The molecule has 1 aromatic carbocycles. The van der Waals surface area contributed by atoms with Gasteiger partial charge in [0, 0.05) is 5.70 Å². The molecule has 2 aliphatic heterocycles. The monoisotopic (exact) mass is 456 g/mol. The van der Waals surface area contributed by atoms with Gasteiger partial charge in [0.2, 0.25) is 0 Å². The normalized spacial score (nSPS) is 16.9. The van der Waals surface area contributed by atoms with Gasteiger partial charge in [-0.1, -0.05) is 6.08 Å². The number of allylic oxidation sites excluding steroid dienone is 3. The number of benzene rings is 1. The van der Waals surface area contributed by atoms with Gasteiger partial charge in [-0.25, -0.2) is 0 Å². The molecule has 0 fully saturated rings. The fourth-order valence-electron chi connectivity index (χ4n) is 1.67. The van der Waals surface area contributed by atoms with Crippen LogP contribution in [0.25, 0.3) is 0 Å². The van der Waals surface area contributed by atoms with Gasteiger partial charge in [-0.15, -0.1) is 12.4 Å². The van der Waals surface area contributed by atoms with Crippen molar-refractivity contribution in [2.75, 3.05) is 4.90 Å². The molecule has 3 heteroatoms. The Bertz CT molecular complexity index is 448. The number of para-hydroxylation sites is 1. The molecular formula is C13H10LrN2-2. The Kier molecular flexibility index (Phi) is 2.19.